The number of anilines is 1. The van der Waals surface area contributed by atoms with Crippen molar-refractivity contribution in [1.82, 2.24) is 5.32 Å². The molecule has 0 spiro atoms. The molecule has 0 aliphatic heterocycles. The Hall–Kier alpha value is -1.59. The third kappa shape index (κ3) is 3.95. The number of benzene rings is 1. The number of carbonyl (C=O) groups is 2. The second kappa shape index (κ2) is 6.91. The highest BCUT2D eigenvalue weighted by Gasteiger charge is 2.56. The fourth-order valence-electron chi connectivity index (χ4n) is 2.05. The molecule has 0 heterocycles. The largest absolute Gasteiger partial charge is 0.385 e. The van der Waals surface area contributed by atoms with E-state index in [-0.39, 0.29) is 11.8 Å². The van der Waals surface area contributed by atoms with E-state index >= 15 is 0 Å². The molecule has 21 heavy (non-hydrogen) atoms. The minimum Gasteiger partial charge on any atom is -0.385 e. The highest BCUT2D eigenvalue weighted by molar-refractivity contribution is 6.30. The van der Waals surface area contributed by atoms with E-state index in [0.717, 1.165) is 6.42 Å². The Morgan fingerprint density at radius 2 is 1.90 bits per heavy atom. The van der Waals surface area contributed by atoms with Gasteiger partial charge in [0.05, 0.1) is 0 Å². The number of hydrogen-bond acceptors (Lipinski definition) is 3. The van der Waals surface area contributed by atoms with Gasteiger partial charge >= 0.3 is 0 Å². The monoisotopic (exact) mass is 310 g/mol. The molecule has 0 bridgehead atoms. The molecule has 5 nitrogen and oxygen atoms in total. The van der Waals surface area contributed by atoms with Crippen LogP contribution in [0.15, 0.2) is 24.3 Å². The fourth-order valence-corrected chi connectivity index (χ4v) is 2.18. The quantitative estimate of drug-likeness (QED) is 0.599. The van der Waals surface area contributed by atoms with Crippen LogP contribution in [0.3, 0.4) is 0 Å². The third-order valence-electron chi connectivity index (χ3n) is 3.53. The van der Waals surface area contributed by atoms with Crippen molar-refractivity contribution < 1.29 is 14.3 Å². The van der Waals surface area contributed by atoms with Gasteiger partial charge in [-0.1, -0.05) is 11.6 Å². The first kappa shape index (κ1) is 15.8. The molecule has 0 aromatic heterocycles. The van der Waals surface area contributed by atoms with E-state index in [1.165, 1.54) is 0 Å². The summed E-state index contributed by atoms with van der Waals surface area (Å²) in [5, 5.41) is 6.17. The van der Waals surface area contributed by atoms with Gasteiger partial charge in [0.1, 0.15) is 5.41 Å². The Kier molecular flexibility index (Phi) is 5.20. The van der Waals surface area contributed by atoms with Crippen LogP contribution in [-0.2, 0) is 14.3 Å². The third-order valence-corrected chi connectivity index (χ3v) is 3.78. The first-order valence-electron chi connectivity index (χ1n) is 6.93. The van der Waals surface area contributed by atoms with Crippen molar-refractivity contribution in [2.75, 3.05) is 25.6 Å². The maximum atomic E-state index is 12.3. The molecular formula is C15H19ClN2O3. The molecule has 114 valence electrons. The van der Waals surface area contributed by atoms with E-state index in [4.69, 9.17) is 16.3 Å². The van der Waals surface area contributed by atoms with Gasteiger partial charge in [-0.3, -0.25) is 9.59 Å². The summed E-state index contributed by atoms with van der Waals surface area (Å²) in [4.78, 5) is 24.4. The molecule has 2 N–H and O–H groups in total. The molecular weight excluding hydrogens is 292 g/mol. The molecule has 6 heteroatoms. The number of hydrogen-bond donors (Lipinski definition) is 2. The lowest BCUT2D eigenvalue weighted by Gasteiger charge is -2.15. The van der Waals surface area contributed by atoms with Crippen molar-refractivity contribution in [3.05, 3.63) is 29.3 Å². The first-order valence-corrected chi connectivity index (χ1v) is 7.30. The summed E-state index contributed by atoms with van der Waals surface area (Å²) in [6.07, 6.45) is 1.90. The molecule has 2 rings (SSSR count). The van der Waals surface area contributed by atoms with E-state index in [0.29, 0.717) is 36.7 Å². The Morgan fingerprint density at radius 1 is 1.24 bits per heavy atom. The predicted octanol–water partition coefficient (Wildman–Crippen LogP) is 2.21. The minimum absolute atomic E-state index is 0.204. The first-order chi connectivity index (χ1) is 10.1. The van der Waals surface area contributed by atoms with Crippen LogP contribution in [-0.4, -0.2) is 32.1 Å². The smallest absolute Gasteiger partial charge is 0.240 e. The molecule has 0 unspecified atom stereocenters. The lowest BCUT2D eigenvalue weighted by atomic mass is 10.0. The maximum Gasteiger partial charge on any atom is 0.240 e. The van der Waals surface area contributed by atoms with Gasteiger partial charge in [0.2, 0.25) is 11.8 Å². The van der Waals surface area contributed by atoms with Crippen LogP contribution >= 0.6 is 11.6 Å². The van der Waals surface area contributed by atoms with Crippen LogP contribution in [0.25, 0.3) is 0 Å². The van der Waals surface area contributed by atoms with E-state index in [1.54, 1.807) is 31.4 Å². The topological polar surface area (TPSA) is 67.4 Å². The van der Waals surface area contributed by atoms with E-state index in [2.05, 4.69) is 10.6 Å². The zero-order valence-corrected chi connectivity index (χ0v) is 12.7. The standard InChI is InChI=1S/C15H19ClN2O3/c1-21-10-2-9-17-13(19)15(7-8-15)14(20)18-12-5-3-11(16)4-6-12/h3-6H,2,7-10H2,1H3,(H,17,19)(H,18,20). The van der Waals surface area contributed by atoms with Gasteiger partial charge in [-0.2, -0.15) is 0 Å². The second-order valence-electron chi connectivity index (χ2n) is 5.15. The number of methoxy groups -OCH3 is 1. The molecule has 2 amide bonds. The molecule has 1 aliphatic rings. The van der Waals surface area contributed by atoms with Crippen LogP contribution in [0.5, 0.6) is 0 Å². The average Bonchev–Trinajstić information content (AvgIpc) is 3.27. The van der Waals surface area contributed by atoms with Crippen molar-refractivity contribution in [2.24, 2.45) is 5.41 Å². The van der Waals surface area contributed by atoms with Gasteiger partial charge in [-0.25, -0.2) is 0 Å². The number of nitrogens with one attached hydrogen (secondary N) is 2. The number of amides is 2. The van der Waals surface area contributed by atoms with E-state index in [1.807, 2.05) is 0 Å². The van der Waals surface area contributed by atoms with Crippen LogP contribution in [0.2, 0.25) is 5.02 Å². The summed E-state index contributed by atoms with van der Waals surface area (Å²) in [6, 6.07) is 6.82. The lowest BCUT2D eigenvalue weighted by Crippen LogP contribution is -2.40. The minimum atomic E-state index is -0.910. The van der Waals surface area contributed by atoms with Crippen LogP contribution in [0.1, 0.15) is 19.3 Å². The van der Waals surface area contributed by atoms with Gasteiger partial charge in [0, 0.05) is 31.0 Å². The number of halogens is 1. The fraction of sp³-hybridized carbons (Fsp3) is 0.467. The van der Waals surface area contributed by atoms with Gasteiger partial charge in [0.25, 0.3) is 0 Å². The Bertz CT molecular complexity index is 512. The average molecular weight is 311 g/mol. The van der Waals surface area contributed by atoms with Gasteiger partial charge in [0.15, 0.2) is 0 Å². The molecule has 0 atom stereocenters. The van der Waals surface area contributed by atoms with Crippen molar-refractivity contribution >= 4 is 29.1 Å². The van der Waals surface area contributed by atoms with Gasteiger partial charge in [-0.15, -0.1) is 0 Å². The predicted molar refractivity (Wildman–Crippen MR) is 81.3 cm³/mol. The lowest BCUT2D eigenvalue weighted by molar-refractivity contribution is -0.134. The summed E-state index contributed by atoms with van der Waals surface area (Å²) in [7, 11) is 1.61. The zero-order valence-electron chi connectivity index (χ0n) is 11.9. The van der Waals surface area contributed by atoms with E-state index in [9.17, 15) is 9.59 Å². The highest BCUT2D eigenvalue weighted by atomic mass is 35.5. The summed E-state index contributed by atoms with van der Waals surface area (Å²) >= 11 is 5.80. The van der Waals surface area contributed by atoms with E-state index < -0.39 is 5.41 Å². The van der Waals surface area contributed by atoms with Crippen LogP contribution in [0.4, 0.5) is 5.69 Å². The highest BCUT2D eigenvalue weighted by Crippen LogP contribution is 2.46. The molecule has 0 radical (unpaired) electrons. The molecule has 1 aliphatic carbocycles. The normalized spacial score (nSPS) is 15.3. The summed E-state index contributed by atoms with van der Waals surface area (Å²) in [5.41, 5.74) is -0.268. The molecule has 0 saturated heterocycles. The van der Waals surface area contributed by atoms with Crippen LogP contribution in [0, 0.1) is 5.41 Å². The van der Waals surface area contributed by atoms with Crippen molar-refractivity contribution in [3.63, 3.8) is 0 Å². The van der Waals surface area contributed by atoms with Crippen molar-refractivity contribution in [2.45, 2.75) is 19.3 Å². The number of ether oxygens (including phenoxy) is 1. The Balaban J connectivity index is 1.88. The Labute approximate surface area is 129 Å². The number of rotatable bonds is 7. The number of carbonyl (C=O) groups excluding carboxylic acids is 2. The Morgan fingerprint density at radius 3 is 2.48 bits per heavy atom. The zero-order chi connectivity index (χ0) is 15.3. The summed E-state index contributed by atoms with van der Waals surface area (Å²) in [6.45, 7) is 1.10. The molecule has 1 saturated carbocycles. The van der Waals surface area contributed by atoms with Crippen LogP contribution < -0.4 is 10.6 Å². The maximum absolute atomic E-state index is 12.3. The molecule has 1 aromatic rings. The van der Waals surface area contributed by atoms with Gasteiger partial charge in [-0.05, 0) is 43.5 Å². The van der Waals surface area contributed by atoms with Crippen molar-refractivity contribution in [1.29, 1.82) is 0 Å². The second-order valence-corrected chi connectivity index (χ2v) is 5.58. The van der Waals surface area contributed by atoms with Gasteiger partial charge < -0.3 is 15.4 Å². The van der Waals surface area contributed by atoms with Crippen molar-refractivity contribution in [3.8, 4) is 0 Å². The molecule has 1 fully saturated rings. The summed E-state index contributed by atoms with van der Waals surface area (Å²) < 4.78 is 4.92. The SMILES string of the molecule is COCCCNC(=O)C1(C(=O)Nc2ccc(Cl)cc2)CC1. The summed E-state index contributed by atoms with van der Waals surface area (Å²) in [5.74, 6) is -0.459. The molecule has 1 aromatic carbocycles.